The van der Waals surface area contributed by atoms with Crippen LogP contribution in [0.3, 0.4) is 0 Å². The van der Waals surface area contributed by atoms with Crippen LogP contribution in [0.25, 0.3) is 0 Å². The lowest BCUT2D eigenvalue weighted by Crippen LogP contribution is -2.59. The first-order valence-electron chi connectivity index (χ1n) is 6.78. The summed E-state index contributed by atoms with van der Waals surface area (Å²) in [6.45, 7) is 3.77. The van der Waals surface area contributed by atoms with E-state index >= 15 is 0 Å². The minimum atomic E-state index is -0.419. The molecule has 0 amide bonds. The predicted octanol–water partition coefficient (Wildman–Crippen LogP) is 1.84. The second-order valence-electron chi connectivity index (χ2n) is 5.54. The van der Waals surface area contributed by atoms with Crippen molar-refractivity contribution >= 4 is 0 Å². The van der Waals surface area contributed by atoms with Crippen LogP contribution in [-0.2, 0) is 4.74 Å². The average molecular weight is 227 g/mol. The zero-order valence-corrected chi connectivity index (χ0v) is 10.4. The summed E-state index contributed by atoms with van der Waals surface area (Å²) in [5, 5.41) is 14.1. The maximum absolute atomic E-state index is 10.6. The Bertz CT molecular complexity index is 208. The first kappa shape index (κ1) is 12.3. The Labute approximate surface area is 98.6 Å². The Hall–Kier alpha value is -0.120. The predicted molar refractivity (Wildman–Crippen MR) is 64.5 cm³/mol. The molecule has 2 N–H and O–H groups in total. The Morgan fingerprint density at radius 1 is 1.19 bits per heavy atom. The molecule has 2 rings (SSSR count). The average Bonchev–Trinajstić information content (AvgIpc) is 2.24. The smallest absolute Gasteiger partial charge is 0.0679 e. The summed E-state index contributed by atoms with van der Waals surface area (Å²) in [5.74, 6) is 0. The molecule has 2 heterocycles. The third-order valence-electron chi connectivity index (χ3n) is 3.86. The number of hydrogen-bond donors (Lipinski definition) is 2. The van der Waals surface area contributed by atoms with Crippen LogP contribution in [0.4, 0.5) is 0 Å². The van der Waals surface area contributed by atoms with Gasteiger partial charge in [0.1, 0.15) is 0 Å². The summed E-state index contributed by atoms with van der Waals surface area (Å²) < 4.78 is 5.50. The topological polar surface area (TPSA) is 41.5 Å². The van der Waals surface area contributed by atoms with Gasteiger partial charge < -0.3 is 15.2 Å². The third kappa shape index (κ3) is 3.19. The van der Waals surface area contributed by atoms with E-state index in [1.54, 1.807) is 0 Å². The van der Waals surface area contributed by atoms with Crippen LogP contribution in [-0.4, -0.2) is 36.0 Å². The molecule has 0 radical (unpaired) electrons. The molecule has 2 unspecified atom stereocenters. The highest BCUT2D eigenvalue weighted by molar-refractivity contribution is 4.96. The van der Waals surface area contributed by atoms with Gasteiger partial charge in [-0.1, -0.05) is 32.6 Å². The monoisotopic (exact) mass is 227 g/mol. The molecule has 94 valence electrons. The summed E-state index contributed by atoms with van der Waals surface area (Å²) in [4.78, 5) is 0. The number of piperidine rings is 1. The van der Waals surface area contributed by atoms with Crippen LogP contribution in [0.1, 0.15) is 51.9 Å². The molecule has 2 atom stereocenters. The van der Waals surface area contributed by atoms with E-state index in [1.165, 1.54) is 25.7 Å². The van der Waals surface area contributed by atoms with Crippen molar-refractivity contribution in [2.24, 2.45) is 0 Å². The minimum absolute atomic E-state index is 0.378. The van der Waals surface area contributed by atoms with Gasteiger partial charge >= 0.3 is 0 Å². The summed E-state index contributed by atoms with van der Waals surface area (Å²) >= 11 is 0. The summed E-state index contributed by atoms with van der Waals surface area (Å²) in [7, 11) is 0. The zero-order valence-electron chi connectivity index (χ0n) is 10.4. The molecule has 3 heteroatoms. The van der Waals surface area contributed by atoms with Crippen molar-refractivity contribution in [2.75, 3.05) is 13.2 Å². The zero-order chi connectivity index (χ0) is 11.4. The Balaban J connectivity index is 1.78. The second kappa shape index (κ2) is 5.48. The number of rotatable bonds is 5. The number of morpholine rings is 1. The lowest BCUT2D eigenvalue weighted by atomic mass is 9.79. The van der Waals surface area contributed by atoms with E-state index in [-0.39, 0.29) is 0 Å². The summed E-state index contributed by atoms with van der Waals surface area (Å²) in [6, 6.07) is 0.757. The fourth-order valence-electron chi connectivity index (χ4n) is 3.10. The lowest BCUT2D eigenvalue weighted by molar-refractivity contribution is -0.0808. The molecule has 3 nitrogen and oxygen atoms in total. The van der Waals surface area contributed by atoms with Crippen molar-refractivity contribution in [3.8, 4) is 0 Å². The van der Waals surface area contributed by atoms with E-state index < -0.39 is 5.60 Å². The van der Waals surface area contributed by atoms with Crippen LogP contribution >= 0.6 is 0 Å². The molecular weight excluding hydrogens is 202 g/mol. The Morgan fingerprint density at radius 3 is 2.50 bits per heavy atom. The van der Waals surface area contributed by atoms with E-state index in [0.29, 0.717) is 12.1 Å². The molecule has 0 aromatic carbocycles. The number of ether oxygens (including phenoxy) is 1. The first-order valence-corrected chi connectivity index (χ1v) is 6.78. The molecule has 16 heavy (non-hydrogen) atoms. The van der Waals surface area contributed by atoms with Crippen molar-refractivity contribution in [2.45, 2.75) is 69.6 Å². The number of nitrogens with one attached hydrogen (secondary N) is 1. The largest absolute Gasteiger partial charge is 0.390 e. The van der Waals surface area contributed by atoms with Gasteiger partial charge in [0.05, 0.1) is 18.8 Å². The number of unbranched alkanes of at least 4 members (excludes halogenated alkanes) is 3. The van der Waals surface area contributed by atoms with Crippen molar-refractivity contribution in [3.63, 3.8) is 0 Å². The van der Waals surface area contributed by atoms with Gasteiger partial charge in [-0.05, 0) is 19.3 Å². The van der Waals surface area contributed by atoms with Gasteiger partial charge in [-0.3, -0.25) is 0 Å². The maximum atomic E-state index is 10.6. The van der Waals surface area contributed by atoms with Crippen LogP contribution < -0.4 is 5.32 Å². The number of aliphatic hydroxyl groups is 1. The Kier molecular flexibility index (Phi) is 4.22. The normalized spacial score (nSPS) is 38.6. The van der Waals surface area contributed by atoms with Crippen LogP contribution in [0, 0.1) is 0 Å². The minimum Gasteiger partial charge on any atom is -0.390 e. The van der Waals surface area contributed by atoms with Gasteiger partial charge in [0.2, 0.25) is 0 Å². The summed E-state index contributed by atoms with van der Waals surface area (Å²) in [5.41, 5.74) is -0.419. The van der Waals surface area contributed by atoms with Gasteiger partial charge in [-0.15, -0.1) is 0 Å². The Morgan fingerprint density at radius 2 is 1.88 bits per heavy atom. The fraction of sp³-hybridized carbons (Fsp3) is 1.00. The lowest BCUT2D eigenvalue weighted by Gasteiger charge is -2.45. The van der Waals surface area contributed by atoms with E-state index in [1.807, 2.05) is 0 Å². The standard InChI is InChI=1S/C13H25NO2/c1-2-3-4-5-6-13(15)7-11-9-16-10-12(8-13)14-11/h11-12,14-15H,2-10H2,1H3. The molecular formula is C13H25NO2. The molecule has 0 aromatic rings. The van der Waals surface area contributed by atoms with Crippen molar-refractivity contribution < 1.29 is 9.84 Å². The molecule has 0 saturated carbocycles. The van der Waals surface area contributed by atoms with E-state index in [2.05, 4.69) is 12.2 Å². The van der Waals surface area contributed by atoms with Crippen LogP contribution in [0.2, 0.25) is 0 Å². The van der Waals surface area contributed by atoms with E-state index in [9.17, 15) is 5.11 Å². The molecule has 2 fully saturated rings. The highest BCUT2D eigenvalue weighted by Gasteiger charge is 2.40. The van der Waals surface area contributed by atoms with Crippen LogP contribution in [0.15, 0.2) is 0 Å². The van der Waals surface area contributed by atoms with Gasteiger partial charge in [0.15, 0.2) is 0 Å². The first-order chi connectivity index (χ1) is 7.72. The summed E-state index contributed by atoms with van der Waals surface area (Å²) in [6.07, 6.45) is 7.71. The van der Waals surface area contributed by atoms with Gasteiger partial charge in [0.25, 0.3) is 0 Å². The molecule has 0 aromatic heterocycles. The fourth-order valence-corrected chi connectivity index (χ4v) is 3.10. The molecule has 0 spiro atoms. The van der Waals surface area contributed by atoms with Crippen molar-refractivity contribution in [1.82, 2.24) is 5.32 Å². The quantitative estimate of drug-likeness (QED) is 0.704. The van der Waals surface area contributed by atoms with E-state index in [0.717, 1.165) is 32.5 Å². The molecule has 2 bridgehead atoms. The molecule has 2 aliphatic heterocycles. The molecule has 2 saturated heterocycles. The van der Waals surface area contributed by atoms with Crippen molar-refractivity contribution in [3.05, 3.63) is 0 Å². The van der Waals surface area contributed by atoms with E-state index in [4.69, 9.17) is 4.74 Å². The second-order valence-corrected chi connectivity index (χ2v) is 5.54. The van der Waals surface area contributed by atoms with Gasteiger partial charge in [-0.2, -0.15) is 0 Å². The number of fused-ring (bicyclic) bond motifs is 2. The van der Waals surface area contributed by atoms with Crippen LogP contribution in [0.5, 0.6) is 0 Å². The van der Waals surface area contributed by atoms with Crippen molar-refractivity contribution in [1.29, 1.82) is 0 Å². The number of hydrogen-bond acceptors (Lipinski definition) is 3. The third-order valence-corrected chi connectivity index (χ3v) is 3.86. The van der Waals surface area contributed by atoms with Gasteiger partial charge in [0, 0.05) is 12.1 Å². The SMILES string of the molecule is CCCCCCC1(O)CC2COCC(C1)N2. The molecule has 0 aliphatic carbocycles. The van der Waals surface area contributed by atoms with Gasteiger partial charge in [-0.25, -0.2) is 0 Å². The highest BCUT2D eigenvalue weighted by Crippen LogP contribution is 2.32. The highest BCUT2D eigenvalue weighted by atomic mass is 16.5. The molecule has 2 aliphatic rings. The maximum Gasteiger partial charge on any atom is 0.0679 e.